The fraction of sp³-hybridized carbons (Fsp3) is 0.529. The highest BCUT2D eigenvalue weighted by molar-refractivity contribution is 5.85. The Morgan fingerprint density at radius 2 is 2.15 bits per heavy atom. The summed E-state index contributed by atoms with van der Waals surface area (Å²) >= 11 is 0. The van der Waals surface area contributed by atoms with Gasteiger partial charge in [-0.25, -0.2) is 0 Å². The topological polar surface area (TPSA) is 31.1 Å². The second-order valence-corrected chi connectivity index (χ2v) is 6.34. The van der Waals surface area contributed by atoms with Gasteiger partial charge in [-0.05, 0) is 51.9 Å². The summed E-state index contributed by atoms with van der Waals surface area (Å²) in [6.45, 7) is 3.35. The molecule has 1 aliphatic rings. The van der Waals surface area contributed by atoms with Crippen LogP contribution in [0.25, 0.3) is 10.9 Å². The summed E-state index contributed by atoms with van der Waals surface area (Å²) in [6.07, 6.45) is 3.72. The lowest BCUT2D eigenvalue weighted by molar-refractivity contribution is 0.316. The van der Waals surface area contributed by atoms with Crippen molar-refractivity contribution in [2.45, 2.75) is 38.3 Å². The van der Waals surface area contributed by atoms with E-state index < -0.39 is 0 Å². The van der Waals surface area contributed by atoms with E-state index in [2.05, 4.69) is 60.5 Å². The third-order valence-corrected chi connectivity index (χ3v) is 4.24. The summed E-state index contributed by atoms with van der Waals surface area (Å²) in [5, 5.41) is 5.21. The molecular formula is C17H25N3. The van der Waals surface area contributed by atoms with Crippen molar-refractivity contribution in [2.75, 3.05) is 20.6 Å². The number of H-pyrrole nitrogens is 1. The van der Waals surface area contributed by atoms with Crippen molar-refractivity contribution in [2.24, 2.45) is 0 Å². The van der Waals surface area contributed by atoms with Gasteiger partial charge in [0.05, 0.1) is 0 Å². The lowest BCUT2D eigenvalue weighted by atomic mass is 9.91. The SMILES string of the molecule is CC(CN(C)C)NC1CCCc2c1[nH]c1ccccc21. The summed E-state index contributed by atoms with van der Waals surface area (Å²) in [6, 6.07) is 9.67. The first-order valence-electron chi connectivity index (χ1n) is 7.65. The molecule has 1 aromatic carbocycles. The van der Waals surface area contributed by atoms with Crippen molar-refractivity contribution in [1.82, 2.24) is 15.2 Å². The van der Waals surface area contributed by atoms with Crippen LogP contribution in [0.3, 0.4) is 0 Å². The van der Waals surface area contributed by atoms with Crippen LogP contribution in [0.4, 0.5) is 0 Å². The highest BCUT2D eigenvalue weighted by Crippen LogP contribution is 2.34. The van der Waals surface area contributed by atoms with Crippen LogP contribution in [0.15, 0.2) is 24.3 Å². The van der Waals surface area contributed by atoms with Gasteiger partial charge in [0.2, 0.25) is 0 Å². The molecule has 0 spiro atoms. The maximum atomic E-state index is 3.79. The Morgan fingerprint density at radius 1 is 1.35 bits per heavy atom. The van der Waals surface area contributed by atoms with E-state index in [0.717, 1.165) is 6.54 Å². The van der Waals surface area contributed by atoms with Gasteiger partial charge < -0.3 is 15.2 Å². The zero-order valence-corrected chi connectivity index (χ0v) is 12.7. The van der Waals surface area contributed by atoms with Crippen LogP contribution >= 0.6 is 0 Å². The third-order valence-electron chi connectivity index (χ3n) is 4.24. The predicted molar refractivity (Wildman–Crippen MR) is 85.1 cm³/mol. The first-order chi connectivity index (χ1) is 9.65. The highest BCUT2D eigenvalue weighted by atomic mass is 15.1. The number of aromatic nitrogens is 1. The van der Waals surface area contributed by atoms with E-state index in [-0.39, 0.29) is 0 Å². The van der Waals surface area contributed by atoms with Gasteiger partial charge in [0.15, 0.2) is 0 Å². The lowest BCUT2D eigenvalue weighted by Gasteiger charge is -2.28. The van der Waals surface area contributed by atoms with Crippen LogP contribution in [0.2, 0.25) is 0 Å². The molecule has 0 saturated heterocycles. The van der Waals surface area contributed by atoms with Crippen LogP contribution in [0.5, 0.6) is 0 Å². The largest absolute Gasteiger partial charge is 0.357 e. The quantitative estimate of drug-likeness (QED) is 0.895. The maximum absolute atomic E-state index is 3.79. The molecule has 0 bridgehead atoms. The standard InChI is InChI=1S/C17H25N3/c1-12(11-20(2)3)18-16-10-6-8-14-13-7-4-5-9-15(13)19-17(14)16/h4-5,7,9,12,16,18-19H,6,8,10-11H2,1-3H3. The summed E-state index contributed by atoms with van der Waals surface area (Å²) in [5.41, 5.74) is 4.23. The monoisotopic (exact) mass is 271 g/mol. The zero-order chi connectivity index (χ0) is 14.1. The Hall–Kier alpha value is -1.32. The first-order valence-corrected chi connectivity index (χ1v) is 7.65. The van der Waals surface area contributed by atoms with Gasteiger partial charge in [-0.2, -0.15) is 0 Å². The minimum absolute atomic E-state index is 0.473. The number of hydrogen-bond donors (Lipinski definition) is 2. The van der Waals surface area contributed by atoms with Gasteiger partial charge in [0.1, 0.15) is 0 Å². The van der Waals surface area contributed by atoms with E-state index in [1.54, 1.807) is 0 Å². The smallest absolute Gasteiger partial charge is 0.0478 e. The Labute approximate surface area is 121 Å². The molecule has 0 amide bonds. The molecule has 3 rings (SSSR count). The predicted octanol–water partition coefficient (Wildman–Crippen LogP) is 3.09. The van der Waals surface area contributed by atoms with Crippen LogP contribution in [0, 0.1) is 0 Å². The molecule has 1 aliphatic carbocycles. The molecule has 108 valence electrons. The molecule has 0 radical (unpaired) electrons. The van der Waals surface area contributed by atoms with Crippen molar-refractivity contribution in [3.63, 3.8) is 0 Å². The summed E-state index contributed by atoms with van der Waals surface area (Å²) < 4.78 is 0. The number of aryl methyl sites for hydroxylation is 1. The number of hydrogen-bond acceptors (Lipinski definition) is 2. The zero-order valence-electron chi connectivity index (χ0n) is 12.7. The van der Waals surface area contributed by atoms with E-state index in [1.807, 2.05) is 0 Å². The molecule has 20 heavy (non-hydrogen) atoms. The van der Waals surface area contributed by atoms with Gasteiger partial charge in [-0.3, -0.25) is 0 Å². The summed E-state index contributed by atoms with van der Waals surface area (Å²) in [4.78, 5) is 5.89. The first kappa shape index (κ1) is 13.7. The van der Waals surface area contributed by atoms with E-state index in [0.29, 0.717) is 12.1 Å². The molecule has 2 atom stereocenters. The number of nitrogens with one attached hydrogen (secondary N) is 2. The van der Waals surface area contributed by atoms with Crippen molar-refractivity contribution < 1.29 is 0 Å². The fourth-order valence-corrected chi connectivity index (χ4v) is 3.53. The lowest BCUT2D eigenvalue weighted by Crippen LogP contribution is -2.39. The maximum Gasteiger partial charge on any atom is 0.0478 e. The van der Waals surface area contributed by atoms with Gasteiger partial charge in [-0.15, -0.1) is 0 Å². The molecule has 2 unspecified atom stereocenters. The molecule has 3 nitrogen and oxygen atoms in total. The number of likely N-dealkylation sites (N-methyl/N-ethyl adjacent to an activating group) is 1. The normalized spacial score (nSPS) is 20.3. The van der Waals surface area contributed by atoms with Crippen LogP contribution in [-0.2, 0) is 6.42 Å². The van der Waals surface area contributed by atoms with E-state index in [9.17, 15) is 0 Å². The second kappa shape index (κ2) is 5.58. The Kier molecular flexibility index (Phi) is 3.81. The molecule has 0 aliphatic heterocycles. The minimum atomic E-state index is 0.473. The number of para-hydroxylation sites is 1. The minimum Gasteiger partial charge on any atom is -0.357 e. The molecule has 3 heteroatoms. The number of benzene rings is 1. The number of fused-ring (bicyclic) bond motifs is 3. The Morgan fingerprint density at radius 3 is 2.95 bits per heavy atom. The van der Waals surface area contributed by atoms with Crippen molar-refractivity contribution in [3.8, 4) is 0 Å². The van der Waals surface area contributed by atoms with Crippen LogP contribution < -0.4 is 5.32 Å². The molecule has 0 saturated carbocycles. The van der Waals surface area contributed by atoms with Crippen molar-refractivity contribution in [1.29, 1.82) is 0 Å². The van der Waals surface area contributed by atoms with Crippen LogP contribution in [-0.4, -0.2) is 36.6 Å². The molecule has 1 aromatic heterocycles. The van der Waals surface area contributed by atoms with Gasteiger partial charge in [-0.1, -0.05) is 18.2 Å². The highest BCUT2D eigenvalue weighted by Gasteiger charge is 2.25. The Balaban J connectivity index is 1.86. The molecule has 1 heterocycles. The molecule has 2 aromatic rings. The molecule has 2 N–H and O–H groups in total. The second-order valence-electron chi connectivity index (χ2n) is 6.34. The van der Waals surface area contributed by atoms with Crippen molar-refractivity contribution in [3.05, 3.63) is 35.5 Å². The van der Waals surface area contributed by atoms with Gasteiger partial charge >= 0.3 is 0 Å². The van der Waals surface area contributed by atoms with Crippen molar-refractivity contribution >= 4 is 10.9 Å². The summed E-state index contributed by atoms with van der Waals surface area (Å²) in [7, 11) is 4.26. The van der Waals surface area contributed by atoms with E-state index in [1.165, 1.54) is 41.4 Å². The Bertz CT molecular complexity index is 585. The summed E-state index contributed by atoms with van der Waals surface area (Å²) in [5.74, 6) is 0. The van der Waals surface area contributed by atoms with Gasteiger partial charge in [0.25, 0.3) is 0 Å². The average Bonchev–Trinajstić information content (AvgIpc) is 2.78. The van der Waals surface area contributed by atoms with Crippen LogP contribution in [0.1, 0.15) is 37.1 Å². The van der Waals surface area contributed by atoms with Gasteiger partial charge in [0, 0.05) is 35.2 Å². The molecule has 0 fully saturated rings. The third kappa shape index (κ3) is 2.60. The average molecular weight is 271 g/mol. The number of aromatic amines is 1. The fourth-order valence-electron chi connectivity index (χ4n) is 3.53. The molecular weight excluding hydrogens is 246 g/mol. The number of nitrogens with zero attached hydrogens (tertiary/aromatic N) is 1. The number of rotatable bonds is 4. The van der Waals surface area contributed by atoms with E-state index >= 15 is 0 Å². The van der Waals surface area contributed by atoms with E-state index in [4.69, 9.17) is 0 Å².